The summed E-state index contributed by atoms with van der Waals surface area (Å²) in [5.74, 6) is 0.0341. The lowest BCUT2D eigenvalue weighted by Crippen LogP contribution is -2.50. The summed E-state index contributed by atoms with van der Waals surface area (Å²) in [6.07, 6.45) is 5.80. The van der Waals surface area contributed by atoms with Crippen LogP contribution in [0.1, 0.15) is 68.3 Å². The number of anilines is 2. The van der Waals surface area contributed by atoms with E-state index >= 15 is 0 Å². The van der Waals surface area contributed by atoms with E-state index in [0.29, 0.717) is 43.1 Å². The lowest BCUT2D eigenvalue weighted by Gasteiger charge is -2.47. The highest BCUT2D eigenvalue weighted by atomic mass is 35.5. The summed E-state index contributed by atoms with van der Waals surface area (Å²) >= 11 is 0. The molecule has 0 unspecified atom stereocenters. The molecule has 2 aromatic rings. The second-order valence-electron chi connectivity index (χ2n) is 10.7. The van der Waals surface area contributed by atoms with Gasteiger partial charge in [-0.2, -0.15) is 0 Å². The summed E-state index contributed by atoms with van der Waals surface area (Å²) in [6.45, 7) is 5.76. The largest absolute Gasteiger partial charge is 0.390 e. The predicted molar refractivity (Wildman–Crippen MR) is 164 cm³/mol. The second kappa shape index (κ2) is 14.1. The minimum atomic E-state index is -2.92. The van der Waals surface area contributed by atoms with Gasteiger partial charge in [-0.05, 0) is 69.2 Å². The molecule has 2 atom stereocenters. The van der Waals surface area contributed by atoms with E-state index in [0.717, 1.165) is 49.8 Å². The van der Waals surface area contributed by atoms with Crippen molar-refractivity contribution in [1.82, 2.24) is 10.6 Å². The molecule has 2 aliphatic rings. The molecule has 6 N–H and O–H groups in total. The highest BCUT2D eigenvalue weighted by Crippen LogP contribution is 2.50. The van der Waals surface area contributed by atoms with Crippen molar-refractivity contribution in [3.8, 4) is 0 Å². The van der Waals surface area contributed by atoms with E-state index in [1.807, 2.05) is 43.3 Å². The number of rotatable bonds is 13. The molecule has 1 amide bonds. The molecule has 2 aromatic carbocycles. The summed E-state index contributed by atoms with van der Waals surface area (Å²) in [7, 11) is -2.92. The quantitative estimate of drug-likeness (QED) is 0.187. The number of halogens is 1. The number of amides is 1. The number of β-amino-alcohol motifs (C(OH)–C–C–N with tert-alkyl or cyclic N) is 1. The summed E-state index contributed by atoms with van der Waals surface area (Å²) in [6, 6.07) is 14.8. The van der Waals surface area contributed by atoms with Gasteiger partial charge in [-0.1, -0.05) is 43.7 Å². The third-order valence-electron chi connectivity index (χ3n) is 7.58. The van der Waals surface area contributed by atoms with Crippen molar-refractivity contribution in [2.24, 2.45) is 0 Å². The van der Waals surface area contributed by atoms with Crippen molar-refractivity contribution in [1.29, 1.82) is 0 Å². The first kappa shape index (κ1) is 31.5. The fraction of sp³-hybridized carbons (Fsp3) is 0.552. The standard InChI is InChI=1S/C29H44N4O4S.ClH/c1-3-12-29(13-14-29)31-21-27(34)26(17-22-10-6-5-7-11-22)32-28(35)23-18-24(30-4-2)20-25(19-23)33-15-8-9-16-38(33,36)37;/h5-7,10-11,18-20,26-27,30-31,34,36-37H,3-4,8-9,12-17,21H2,1-2H3,(H,32,35);1H/t26-,27+;/m0./s1. The Morgan fingerprint density at radius 1 is 1.10 bits per heavy atom. The second-order valence-corrected chi connectivity index (χ2v) is 12.8. The highest BCUT2D eigenvalue weighted by Gasteiger charge is 2.41. The van der Waals surface area contributed by atoms with Gasteiger partial charge in [0.15, 0.2) is 0 Å². The zero-order valence-electron chi connectivity index (χ0n) is 23.1. The Hall–Kier alpha value is -2.01. The molecule has 4 rings (SSSR count). The average Bonchev–Trinajstić information content (AvgIpc) is 3.67. The molecule has 2 fully saturated rings. The number of aliphatic hydroxyl groups excluding tert-OH is 1. The molecule has 10 heteroatoms. The van der Waals surface area contributed by atoms with Crippen LogP contribution in [0.3, 0.4) is 0 Å². The SMILES string of the molecule is CCCC1(NC[C@@H](O)[C@H](Cc2ccccc2)NC(=O)c2cc(NCC)cc(N3CCCCS3(O)O)c2)CC1.Cl. The maximum Gasteiger partial charge on any atom is 0.251 e. The molecular formula is C29H45ClN4O4S. The third kappa shape index (κ3) is 8.49. The number of carbonyl (C=O) groups excluding carboxylic acids is 1. The fourth-order valence-corrected chi connectivity index (χ4v) is 6.99. The zero-order valence-corrected chi connectivity index (χ0v) is 24.7. The van der Waals surface area contributed by atoms with Gasteiger partial charge in [0.2, 0.25) is 0 Å². The van der Waals surface area contributed by atoms with Gasteiger partial charge in [-0.25, -0.2) is 0 Å². The van der Waals surface area contributed by atoms with E-state index in [1.165, 1.54) is 0 Å². The molecule has 0 aromatic heterocycles. The van der Waals surface area contributed by atoms with Crippen molar-refractivity contribution < 1.29 is 19.0 Å². The van der Waals surface area contributed by atoms with Gasteiger partial charge in [0, 0.05) is 36.4 Å². The van der Waals surface area contributed by atoms with Gasteiger partial charge in [-0.3, -0.25) is 18.2 Å². The van der Waals surface area contributed by atoms with Gasteiger partial charge >= 0.3 is 0 Å². The van der Waals surface area contributed by atoms with Crippen LogP contribution in [-0.4, -0.2) is 63.2 Å². The Balaban J connectivity index is 0.00000420. The maximum absolute atomic E-state index is 13.6. The third-order valence-corrected chi connectivity index (χ3v) is 9.51. The van der Waals surface area contributed by atoms with E-state index in [4.69, 9.17) is 0 Å². The van der Waals surface area contributed by atoms with E-state index in [9.17, 15) is 19.0 Å². The first-order chi connectivity index (χ1) is 18.2. The molecule has 218 valence electrons. The number of benzene rings is 2. The molecule has 0 spiro atoms. The molecule has 1 saturated heterocycles. The smallest absolute Gasteiger partial charge is 0.251 e. The molecule has 1 saturated carbocycles. The Morgan fingerprint density at radius 3 is 2.49 bits per heavy atom. The first-order valence-corrected chi connectivity index (χ1v) is 15.6. The minimum Gasteiger partial charge on any atom is -0.390 e. The number of nitrogens with zero attached hydrogens (tertiary/aromatic N) is 1. The van der Waals surface area contributed by atoms with Crippen LogP contribution < -0.4 is 20.3 Å². The topological polar surface area (TPSA) is 117 Å². The van der Waals surface area contributed by atoms with Crippen LogP contribution in [0, 0.1) is 0 Å². The molecule has 1 heterocycles. The molecule has 1 aliphatic heterocycles. The summed E-state index contributed by atoms with van der Waals surface area (Å²) in [4.78, 5) is 13.6. The Bertz CT molecular complexity index is 1070. The van der Waals surface area contributed by atoms with Crippen LogP contribution in [0.5, 0.6) is 0 Å². The van der Waals surface area contributed by atoms with Crippen molar-refractivity contribution in [3.63, 3.8) is 0 Å². The van der Waals surface area contributed by atoms with Crippen molar-refractivity contribution >= 4 is 40.5 Å². The fourth-order valence-electron chi connectivity index (χ4n) is 5.31. The molecular weight excluding hydrogens is 536 g/mol. The number of nitrogens with one attached hydrogen (secondary N) is 3. The summed E-state index contributed by atoms with van der Waals surface area (Å²) < 4.78 is 23.0. The molecule has 8 nitrogen and oxygen atoms in total. The Kier molecular flexibility index (Phi) is 11.4. The normalized spacial score (nSPS) is 19.8. The van der Waals surface area contributed by atoms with Gasteiger partial charge < -0.3 is 21.1 Å². The first-order valence-electron chi connectivity index (χ1n) is 14.0. The Morgan fingerprint density at radius 2 is 1.85 bits per heavy atom. The van der Waals surface area contributed by atoms with Crippen LogP contribution >= 0.6 is 23.2 Å². The van der Waals surface area contributed by atoms with Gasteiger partial charge in [0.1, 0.15) is 0 Å². The predicted octanol–water partition coefficient (Wildman–Crippen LogP) is 5.43. The lowest BCUT2D eigenvalue weighted by atomic mass is 9.99. The maximum atomic E-state index is 13.6. The van der Waals surface area contributed by atoms with Crippen LogP contribution in [0.15, 0.2) is 48.5 Å². The molecule has 1 aliphatic carbocycles. The molecule has 39 heavy (non-hydrogen) atoms. The van der Waals surface area contributed by atoms with Gasteiger partial charge in [-0.15, -0.1) is 23.2 Å². The zero-order chi connectivity index (χ0) is 27.2. The van der Waals surface area contributed by atoms with E-state index in [2.05, 4.69) is 22.9 Å². The number of carbonyl (C=O) groups is 1. The minimum absolute atomic E-state index is 0. The van der Waals surface area contributed by atoms with E-state index in [-0.39, 0.29) is 23.9 Å². The van der Waals surface area contributed by atoms with Gasteiger partial charge in [0.05, 0.1) is 23.6 Å². The van der Waals surface area contributed by atoms with E-state index in [1.54, 1.807) is 16.4 Å². The summed E-state index contributed by atoms with van der Waals surface area (Å²) in [5.41, 5.74) is 2.94. The van der Waals surface area contributed by atoms with Crippen molar-refractivity contribution in [3.05, 3.63) is 59.7 Å². The monoisotopic (exact) mass is 580 g/mol. The van der Waals surface area contributed by atoms with Gasteiger partial charge in [0.25, 0.3) is 5.91 Å². The van der Waals surface area contributed by atoms with Crippen molar-refractivity contribution in [2.45, 2.75) is 76.5 Å². The average molecular weight is 581 g/mol. The van der Waals surface area contributed by atoms with Crippen LogP contribution in [0.4, 0.5) is 11.4 Å². The number of hydrogen-bond donors (Lipinski definition) is 6. The number of aliphatic hydroxyl groups is 1. The molecule has 0 radical (unpaired) electrons. The molecule has 0 bridgehead atoms. The van der Waals surface area contributed by atoms with Crippen molar-refractivity contribution in [2.75, 3.05) is 35.0 Å². The lowest BCUT2D eigenvalue weighted by molar-refractivity contribution is 0.0821. The Labute approximate surface area is 240 Å². The summed E-state index contributed by atoms with van der Waals surface area (Å²) in [5, 5.41) is 21.2. The van der Waals surface area contributed by atoms with E-state index < -0.39 is 22.9 Å². The van der Waals surface area contributed by atoms with Crippen LogP contribution in [0.2, 0.25) is 0 Å². The number of hydrogen-bond acceptors (Lipinski definition) is 7. The van der Waals surface area contributed by atoms with Crippen LogP contribution in [0.25, 0.3) is 0 Å². The van der Waals surface area contributed by atoms with Crippen LogP contribution in [-0.2, 0) is 6.42 Å². The highest BCUT2D eigenvalue weighted by molar-refractivity contribution is 8.25.